The number of benzene rings is 1. The zero-order chi connectivity index (χ0) is 17.5. The van der Waals surface area contributed by atoms with Crippen LogP contribution in [0.5, 0.6) is 0 Å². The van der Waals surface area contributed by atoms with Crippen molar-refractivity contribution in [1.82, 2.24) is 4.90 Å². The molecule has 6 heteroatoms. The molecule has 0 unspecified atom stereocenters. The monoisotopic (exact) mass is 385 g/mol. The van der Waals surface area contributed by atoms with Gasteiger partial charge in [-0.1, -0.05) is 46.3 Å². The van der Waals surface area contributed by atoms with Gasteiger partial charge in [0, 0.05) is 18.3 Å². The highest BCUT2D eigenvalue weighted by Gasteiger charge is 2.32. The van der Waals surface area contributed by atoms with Crippen LogP contribution in [0.15, 0.2) is 30.3 Å². The van der Waals surface area contributed by atoms with Crippen LogP contribution in [0.4, 0.5) is 4.79 Å². The van der Waals surface area contributed by atoms with Gasteiger partial charge in [-0.05, 0) is 32.8 Å². The van der Waals surface area contributed by atoms with Gasteiger partial charge in [-0.15, -0.1) is 0 Å². The topological polar surface area (TPSA) is 66.8 Å². The molecule has 128 valence electrons. The van der Waals surface area contributed by atoms with Gasteiger partial charge in [0.15, 0.2) is 0 Å². The average molecular weight is 386 g/mol. The lowest BCUT2D eigenvalue weighted by Gasteiger charge is -2.31. The van der Waals surface area contributed by atoms with Gasteiger partial charge in [0.2, 0.25) is 0 Å². The van der Waals surface area contributed by atoms with Crippen LogP contribution in [0.2, 0.25) is 0 Å². The van der Waals surface area contributed by atoms with Gasteiger partial charge in [0.1, 0.15) is 11.6 Å². The summed E-state index contributed by atoms with van der Waals surface area (Å²) < 4.78 is 5.37. The Morgan fingerprint density at radius 1 is 1.26 bits per heavy atom. The number of ether oxygens (including phenoxy) is 1. The van der Waals surface area contributed by atoms with Crippen molar-refractivity contribution in [2.45, 2.75) is 45.3 Å². The quantitative estimate of drug-likeness (QED) is 0.726. The van der Waals surface area contributed by atoms with E-state index in [0.717, 1.165) is 5.56 Å². The Labute approximate surface area is 145 Å². The minimum Gasteiger partial charge on any atom is -0.480 e. The molecule has 1 N–H and O–H groups in total. The van der Waals surface area contributed by atoms with Crippen LogP contribution in [0.3, 0.4) is 0 Å². The van der Waals surface area contributed by atoms with Crippen LogP contribution in [0, 0.1) is 0 Å². The van der Waals surface area contributed by atoms with Gasteiger partial charge in [-0.2, -0.15) is 0 Å². The molecular formula is C17H24BrNO4. The third-order valence-electron chi connectivity index (χ3n) is 3.09. The lowest BCUT2D eigenvalue weighted by Crippen LogP contribution is -2.48. The number of hydrogen-bond donors (Lipinski definition) is 1. The standard InChI is InChI=1S/C17H24BrNO4/c1-17(2,3)23-16(22)19(11-7-10-18)14(15(20)21)12-13-8-5-4-6-9-13/h4-6,8-9,14H,7,10-12H2,1-3H3,(H,20,21)/t14-/m0/s1. The van der Waals surface area contributed by atoms with E-state index in [1.54, 1.807) is 20.8 Å². The SMILES string of the molecule is CC(C)(C)OC(=O)N(CCCBr)[C@@H](Cc1ccccc1)C(=O)O. The fourth-order valence-electron chi connectivity index (χ4n) is 2.09. The number of amides is 1. The van der Waals surface area contributed by atoms with E-state index in [0.29, 0.717) is 18.3 Å². The zero-order valence-corrected chi connectivity index (χ0v) is 15.4. The molecule has 5 nitrogen and oxygen atoms in total. The zero-order valence-electron chi connectivity index (χ0n) is 13.8. The molecule has 0 saturated heterocycles. The minimum absolute atomic E-state index is 0.248. The molecule has 1 rings (SSSR count). The van der Waals surface area contributed by atoms with Gasteiger partial charge in [-0.3, -0.25) is 4.90 Å². The number of rotatable bonds is 7. The Kier molecular flexibility index (Phi) is 7.55. The van der Waals surface area contributed by atoms with Crippen LogP contribution in [-0.4, -0.2) is 45.6 Å². The molecule has 23 heavy (non-hydrogen) atoms. The molecule has 0 spiro atoms. The summed E-state index contributed by atoms with van der Waals surface area (Å²) in [6.07, 6.45) is 0.303. The summed E-state index contributed by atoms with van der Waals surface area (Å²) in [6, 6.07) is 8.33. The molecule has 0 aliphatic rings. The maximum Gasteiger partial charge on any atom is 0.411 e. The molecule has 0 aliphatic carbocycles. The van der Waals surface area contributed by atoms with E-state index < -0.39 is 23.7 Å². The van der Waals surface area contributed by atoms with E-state index in [9.17, 15) is 14.7 Å². The van der Waals surface area contributed by atoms with Gasteiger partial charge in [-0.25, -0.2) is 9.59 Å². The normalized spacial score (nSPS) is 12.5. The van der Waals surface area contributed by atoms with Crippen molar-refractivity contribution >= 4 is 28.0 Å². The molecule has 1 aromatic carbocycles. The van der Waals surface area contributed by atoms with Crippen molar-refractivity contribution in [2.75, 3.05) is 11.9 Å². The Bertz CT molecular complexity index is 513. The van der Waals surface area contributed by atoms with Gasteiger partial charge < -0.3 is 9.84 Å². The number of halogens is 1. The molecule has 0 heterocycles. The molecule has 1 atom stereocenters. The Morgan fingerprint density at radius 2 is 1.87 bits per heavy atom. The Balaban J connectivity index is 2.98. The summed E-state index contributed by atoms with van der Waals surface area (Å²) in [5.41, 5.74) is 0.201. The van der Waals surface area contributed by atoms with Crippen molar-refractivity contribution in [3.05, 3.63) is 35.9 Å². The van der Waals surface area contributed by atoms with Crippen LogP contribution in [-0.2, 0) is 16.0 Å². The first-order valence-corrected chi connectivity index (χ1v) is 8.69. The fourth-order valence-corrected chi connectivity index (χ4v) is 2.34. The van der Waals surface area contributed by atoms with Gasteiger partial charge >= 0.3 is 12.1 Å². The Morgan fingerprint density at radius 3 is 2.35 bits per heavy atom. The lowest BCUT2D eigenvalue weighted by atomic mass is 10.0. The van der Waals surface area contributed by atoms with Gasteiger partial charge in [0.25, 0.3) is 0 Å². The smallest absolute Gasteiger partial charge is 0.411 e. The number of carbonyl (C=O) groups is 2. The molecule has 0 saturated carbocycles. The Hall–Kier alpha value is -1.56. The molecule has 0 aliphatic heterocycles. The summed E-state index contributed by atoms with van der Waals surface area (Å²) in [6.45, 7) is 5.62. The predicted octanol–water partition coefficient (Wildman–Crippen LogP) is 3.70. The number of aliphatic carboxylic acids is 1. The second-order valence-corrected chi connectivity index (χ2v) is 7.05. The van der Waals surface area contributed by atoms with Crippen molar-refractivity contribution in [2.24, 2.45) is 0 Å². The largest absolute Gasteiger partial charge is 0.480 e. The predicted molar refractivity (Wildman–Crippen MR) is 92.9 cm³/mol. The average Bonchev–Trinajstić information content (AvgIpc) is 2.45. The second kappa shape index (κ2) is 8.91. The van der Waals surface area contributed by atoms with Crippen molar-refractivity contribution in [1.29, 1.82) is 0 Å². The van der Waals surface area contributed by atoms with Gasteiger partial charge in [0.05, 0.1) is 0 Å². The summed E-state index contributed by atoms with van der Waals surface area (Å²) >= 11 is 3.32. The van der Waals surface area contributed by atoms with Crippen molar-refractivity contribution in [3.8, 4) is 0 Å². The van der Waals surface area contributed by atoms with E-state index in [4.69, 9.17) is 4.74 Å². The molecule has 0 bridgehead atoms. The summed E-state index contributed by atoms with van der Waals surface area (Å²) in [5, 5.41) is 10.3. The van der Waals surface area contributed by atoms with Crippen LogP contribution in [0.25, 0.3) is 0 Å². The van der Waals surface area contributed by atoms with Crippen LogP contribution < -0.4 is 0 Å². The number of carboxylic acids is 1. The summed E-state index contributed by atoms with van der Waals surface area (Å²) in [5.74, 6) is -1.03. The third kappa shape index (κ3) is 7.03. The number of carboxylic acid groups (broad SMARTS) is 1. The lowest BCUT2D eigenvalue weighted by molar-refractivity contribution is -0.143. The summed E-state index contributed by atoms with van der Waals surface area (Å²) in [7, 11) is 0. The molecule has 1 amide bonds. The molecule has 1 aromatic rings. The molecule has 0 fully saturated rings. The highest BCUT2D eigenvalue weighted by molar-refractivity contribution is 9.09. The molecular weight excluding hydrogens is 362 g/mol. The highest BCUT2D eigenvalue weighted by atomic mass is 79.9. The van der Waals surface area contributed by atoms with E-state index in [2.05, 4.69) is 15.9 Å². The van der Waals surface area contributed by atoms with E-state index in [1.165, 1.54) is 4.90 Å². The number of nitrogens with zero attached hydrogens (tertiary/aromatic N) is 1. The van der Waals surface area contributed by atoms with Crippen LogP contribution >= 0.6 is 15.9 Å². The number of alkyl halides is 1. The second-order valence-electron chi connectivity index (χ2n) is 6.26. The first-order chi connectivity index (χ1) is 10.7. The third-order valence-corrected chi connectivity index (χ3v) is 3.65. The maximum atomic E-state index is 12.4. The van der Waals surface area contributed by atoms with E-state index in [1.807, 2.05) is 30.3 Å². The minimum atomic E-state index is -1.03. The number of carbonyl (C=O) groups excluding carboxylic acids is 1. The van der Waals surface area contributed by atoms with Crippen molar-refractivity contribution in [3.63, 3.8) is 0 Å². The molecule has 0 aromatic heterocycles. The summed E-state index contributed by atoms with van der Waals surface area (Å²) in [4.78, 5) is 25.5. The molecule has 0 radical (unpaired) electrons. The number of hydrogen-bond acceptors (Lipinski definition) is 3. The van der Waals surface area contributed by atoms with E-state index >= 15 is 0 Å². The van der Waals surface area contributed by atoms with E-state index in [-0.39, 0.29) is 6.42 Å². The first kappa shape index (κ1) is 19.5. The maximum absolute atomic E-state index is 12.4. The van der Waals surface area contributed by atoms with Crippen molar-refractivity contribution < 1.29 is 19.4 Å². The fraction of sp³-hybridized carbons (Fsp3) is 0.529. The first-order valence-electron chi connectivity index (χ1n) is 7.57. The van der Waals surface area contributed by atoms with Crippen LogP contribution in [0.1, 0.15) is 32.8 Å². The highest BCUT2D eigenvalue weighted by Crippen LogP contribution is 2.16.